The molecule has 0 spiro atoms. The van der Waals surface area contributed by atoms with Crippen molar-refractivity contribution in [1.29, 1.82) is 0 Å². The molecule has 1 unspecified atom stereocenters. The van der Waals surface area contributed by atoms with E-state index in [1.165, 1.54) is 0 Å². The van der Waals surface area contributed by atoms with E-state index >= 15 is 0 Å². The summed E-state index contributed by atoms with van der Waals surface area (Å²) in [6.07, 6.45) is 0.969. The smallest absolute Gasteiger partial charge is 0.159 e. The molecule has 2 aromatic rings. The van der Waals surface area contributed by atoms with E-state index in [4.69, 9.17) is 5.73 Å². The van der Waals surface area contributed by atoms with Crippen LogP contribution >= 0.6 is 0 Å². The van der Waals surface area contributed by atoms with Crippen molar-refractivity contribution in [2.75, 3.05) is 6.54 Å². The van der Waals surface area contributed by atoms with Gasteiger partial charge in [0.05, 0.1) is 0 Å². The summed E-state index contributed by atoms with van der Waals surface area (Å²) >= 11 is 0. The number of aromatic nitrogens is 3. The van der Waals surface area contributed by atoms with Crippen LogP contribution in [0.25, 0.3) is 11.2 Å². The highest BCUT2D eigenvalue weighted by Crippen LogP contribution is 2.16. The van der Waals surface area contributed by atoms with Gasteiger partial charge in [-0.1, -0.05) is 0 Å². The van der Waals surface area contributed by atoms with Crippen LogP contribution in [0.15, 0.2) is 18.3 Å². The minimum Gasteiger partial charge on any atom is -0.384 e. The molecule has 5 nitrogen and oxygen atoms in total. The third-order valence-electron chi connectivity index (χ3n) is 2.18. The lowest BCUT2D eigenvalue weighted by Gasteiger charge is -2.06. The van der Waals surface area contributed by atoms with Gasteiger partial charge in [0.25, 0.3) is 0 Å². The Labute approximate surface area is 81.2 Å². The van der Waals surface area contributed by atoms with Gasteiger partial charge in [-0.05, 0) is 12.1 Å². The first-order chi connectivity index (χ1) is 6.74. The monoisotopic (exact) mass is 192 g/mol. The zero-order chi connectivity index (χ0) is 10.1. The Morgan fingerprint density at radius 3 is 3.07 bits per heavy atom. The van der Waals surface area contributed by atoms with Crippen LogP contribution in [0.2, 0.25) is 0 Å². The Balaban J connectivity index is 2.62. The molecule has 0 saturated carbocycles. The zero-order valence-electron chi connectivity index (χ0n) is 7.88. The standard InChI is InChI=1S/C9H12N4O/c1-13-8-6(3-2-4-11-8)12-9(13)7(14)5-10/h2-4,7,14H,5,10H2,1H3. The molecule has 2 rings (SSSR count). The number of hydrogen-bond donors (Lipinski definition) is 2. The number of pyridine rings is 1. The van der Waals surface area contributed by atoms with E-state index in [1.807, 2.05) is 19.2 Å². The average molecular weight is 192 g/mol. The van der Waals surface area contributed by atoms with E-state index in [0.717, 1.165) is 11.2 Å². The summed E-state index contributed by atoms with van der Waals surface area (Å²) in [4.78, 5) is 8.42. The molecule has 3 N–H and O–H groups in total. The van der Waals surface area contributed by atoms with Crippen LogP contribution in [0.4, 0.5) is 0 Å². The molecule has 2 heterocycles. The second-order valence-corrected chi connectivity index (χ2v) is 3.13. The highest BCUT2D eigenvalue weighted by atomic mass is 16.3. The number of fused-ring (bicyclic) bond motifs is 1. The molecule has 2 aromatic heterocycles. The highest BCUT2D eigenvalue weighted by molar-refractivity contribution is 5.71. The van der Waals surface area contributed by atoms with E-state index < -0.39 is 6.10 Å². The fourth-order valence-corrected chi connectivity index (χ4v) is 1.44. The fraction of sp³-hybridized carbons (Fsp3) is 0.333. The second-order valence-electron chi connectivity index (χ2n) is 3.13. The molecule has 0 aliphatic carbocycles. The van der Waals surface area contributed by atoms with Gasteiger partial charge in [-0.3, -0.25) is 0 Å². The van der Waals surface area contributed by atoms with Crippen LogP contribution in [0.1, 0.15) is 11.9 Å². The molecular weight excluding hydrogens is 180 g/mol. The minimum atomic E-state index is -0.728. The maximum absolute atomic E-state index is 9.58. The van der Waals surface area contributed by atoms with Crippen LogP contribution in [0.5, 0.6) is 0 Å². The third kappa shape index (κ3) is 1.26. The Morgan fingerprint density at radius 1 is 1.64 bits per heavy atom. The van der Waals surface area contributed by atoms with E-state index in [-0.39, 0.29) is 6.54 Å². The molecule has 0 saturated heterocycles. The van der Waals surface area contributed by atoms with E-state index in [9.17, 15) is 5.11 Å². The summed E-state index contributed by atoms with van der Waals surface area (Å²) in [6.45, 7) is 0.164. The Kier molecular flexibility index (Phi) is 2.18. The van der Waals surface area contributed by atoms with Gasteiger partial charge >= 0.3 is 0 Å². The quantitative estimate of drug-likeness (QED) is 0.700. The van der Waals surface area contributed by atoms with Gasteiger partial charge in [-0.15, -0.1) is 0 Å². The van der Waals surface area contributed by atoms with Gasteiger partial charge in [-0.2, -0.15) is 0 Å². The van der Waals surface area contributed by atoms with E-state index in [1.54, 1.807) is 10.8 Å². The molecule has 5 heteroatoms. The normalized spacial score (nSPS) is 13.4. The molecule has 0 radical (unpaired) electrons. The van der Waals surface area contributed by atoms with Crippen molar-refractivity contribution in [2.24, 2.45) is 12.8 Å². The fourth-order valence-electron chi connectivity index (χ4n) is 1.44. The summed E-state index contributed by atoms with van der Waals surface area (Å²) < 4.78 is 1.76. The number of hydrogen-bond acceptors (Lipinski definition) is 4. The van der Waals surface area contributed by atoms with Gasteiger partial charge < -0.3 is 15.4 Å². The molecule has 14 heavy (non-hydrogen) atoms. The molecule has 1 atom stereocenters. The van der Waals surface area contributed by atoms with Crippen LogP contribution in [0.3, 0.4) is 0 Å². The lowest BCUT2D eigenvalue weighted by Crippen LogP contribution is -2.15. The first kappa shape index (κ1) is 9.11. The number of aryl methyl sites for hydroxylation is 1. The van der Waals surface area contributed by atoms with Crippen molar-refractivity contribution in [3.8, 4) is 0 Å². The van der Waals surface area contributed by atoms with Crippen molar-refractivity contribution >= 4 is 11.2 Å². The zero-order valence-corrected chi connectivity index (χ0v) is 7.88. The van der Waals surface area contributed by atoms with Gasteiger partial charge in [0.2, 0.25) is 0 Å². The molecule has 0 bridgehead atoms. The topological polar surface area (TPSA) is 77.0 Å². The molecule has 0 aromatic carbocycles. The summed E-state index contributed by atoms with van der Waals surface area (Å²) in [5, 5.41) is 9.58. The van der Waals surface area contributed by atoms with Crippen LogP contribution in [0, 0.1) is 0 Å². The summed E-state index contributed by atoms with van der Waals surface area (Å²) in [7, 11) is 1.82. The summed E-state index contributed by atoms with van der Waals surface area (Å²) in [5.41, 5.74) is 6.91. The number of imidazole rings is 1. The Bertz CT molecular complexity index is 451. The average Bonchev–Trinajstić information content (AvgIpc) is 2.56. The Morgan fingerprint density at radius 2 is 2.43 bits per heavy atom. The summed E-state index contributed by atoms with van der Waals surface area (Å²) in [5.74, 6) is 0.557. The molecule has 0 fully saturated rings. The maximum atomic E-state index is 9.58. The van der Waals surface area contributed by atoms with Crippen molar-refractivity contribution in [1.82, 2.24) is 14.5 Å². The lowest BCUT2D eigenvalue weighted by atomic mass is 10.3. The lowest BCUT2D eigenvalue weighted by molar-refractivity contribution is 0.173. The molecule has 0 aliphatic rings. The number of aliphatic hydroxyl groups excluding tert-OH is 1. The predicted molar refractivity (Wildman–Crippen MR) is 52.5 cm³/mol. The van der Waals surface area contributed by atoms with Gasteiger partial charge in [0, 0.05) is 19.8 Å². The van der Waals surface area contributed by atoms with Crippen molar-refractivity contribution in [2.45, 2.75) is 6.10 Å². The maximum Gasteiger partial charge on any atom is 0.159 e. The SMILES string of the molecule is Cn1c(C(O)CN)nc2cccnc21. The highest BCUT2D eigenvalue weighted by Gasteiger charge is 2.14. The largest absolute Gasteiger partial charge is 0.384 e. The molecule has 0 aliphatic heterocycles. The first-order valence-electron chi connectivity index (χ1n) is 4.39. The molecule has 74 valence electrons. The number of aliphatic hydroxyl groups is 1. The van der Waals surface area contributed by atoms with Crippen molar-refractivity contribution in [3.63, 3.8) is 0 Å². The van der Waals surface area contributed by atoms with Crippen LogP contribution in [-0.2, 0) is 7.05 Å². The van der Waals surface area contributed by atoms with Crippen LogP contribution < -0.4 is 5.73 Å². The second kappa shape index (κ2) is 3.36. The van der Waals surface area contributed by atoms with E-state index in [0.29, 0.717) is 5.82 Å². The van der Waals surface area contributed by atoms with Crippen molar-refractivity contribution < 1.29 is 5.11 Å². The predicted octanol–water partition coefficient (Wildman–Crippen LogP) is -0.0396. The number of nitrogens with zero attached hydrogens (tertiary/aromatic N) is 3. The van der Waals surface area contributed by atoms with Gasteiger partial charge in [-0.25, -0.2) is 9.97 Å². The van der Waals surface area contributed by atoms with Gasteiger partial charge in [0.15, 0.2) is 5.65 Å². The van der Waals surface area contributed by atoms with Crippen molar-refractivity contribution in [3.05, 3.63) is 24.2 Å². The Hall–Kier alpha value is -1.46. The number of rotatable bonds is 2. The van der Waals surface area contributed by atoms with E-state index in [2.05, 4.69) is 9.97 Å². The van der Waals surface area contributed by atoms with Gasteiger partial charge in [0.1, 0.15) is 17.4 Å². The molecular formula is C9H12N4O. The minimum absolute atomic E-state index is 0.164. The summed E-state index contributed by atoms with van der Waals surface area (Å²) in [6, 6.07) is 3.67. The third-order valence-corrected chi connectivity index (χ3v) is 2.18. The number of nitrogens with two attached hydrogens (primary N) is 1. The first-order valence-corrected chi connectivity index (χ1v) is 4.39. The van der Waals surface area contributed by atoms with Crippen LogP contribution in [-0.4, -0.2) is 26.2 Å². The molecule has 0 amide bonds.